The van der Waals surface area contributed by atoms with Crippen molar-refractivity contribution in [1.29, 1.82) is 0 Å². The molecule has 0 aliphatic heterocycles. The topological polar surface area (TPSA) is 78.8 Å². The minimum absolute atomic E-state index is 0. The maximum absolute atomic E-state index is 10.0. The third-order valence-corrected chi connectivity index (χ3v) is 4.71. The molecule has 6 nitrogen and oxygen atoms in total. The van der Waals surface area contributed by atoms with Crippen LogP contribution >= 0.6 is 35.3 Å². The zero-order chi connectivity index (χ0) is 18.9. The van der Waals surface area contributed by atoms with Gasteiger partial charge in [-0.3, -0.25) is 0 Å². The Bertz CT molecular complexity index is 734. The molecule has 0 saturated heterocycles. The van der Waals surface area contributed by atoms with E-state index in [2.05, 4.69) is 39.8 Å². The number of phenolic OH excluding ortho intramolecular Hbond substituents is 1. The van der Waals surface area contributed by atoms with Crippen molar-refractivity contribution in [3.05, 3.63) is 39.8 Å². The maximum Gasteiger partial charge on any atom is 0.191 e. The molecule has 0 amide bonds. The summed E-state index contributed by atoms with van der Waals surface area (Å²) in [7, 11) is 1.59. The van der Waals surface area contributed by atoms with E-state index in [1.54, 1.807) is 24.5 Å². The van der Waals surface area contributed by atoms with Crippen LogP contribution in [0.5, 0.6) is 11.5 Å². The molecular formula is C19H29IN4O2S. The maximum atomic E-state index is 10.0. The van der Waals surface area contributed by atoms with Gasteiger partial charge in [-0.1, -0.05) is 19.9 Å². The number of aliphatic imine (C=N–C) groups is 1. The van der Waals surface area contributed by atoms with Gasteiger partial charge >= 0.3 is 0 Å². The first-order valence-corrected chi connectivity index (χ1v) is 9.73. The molecule has 2 aromatic rings. The molecule has 0 saturated carbocycles. The molecule has 8 heteroatoms. The second-order valence-corrected chi connectivity index (χ2v) is 7.13. The number of thiazole rings is 1. The van der Waals surface area contributed by atoms with Gasteiger partial charge in [0.1, 0.15) is 16.5 Å². The van der Waals surface area contributed by atoms with Crippen LogP contribution in [0.25, 0.3) is 0 Å². The summed E-state index contributed by atoms with van der Waals surface area (Å²) in [5.41, 5.74) is 1.99. The molecule has 27 heavy (non-hydrogen) atoms. The van der Waals surface area contributed by atoms with Crippen molar-refractivity contribution in [2.75, 3.05) is 20.2 Å². The number of nitrogens with one attached hydrogen (secondary N) is 2. The number of rotatable bonds is 8. The van der Waals surface area contributed by atoms with E-state index in [1.165, 1.54) is 0 Å². The van der Waals surface area contributed by atoms with Crippen molar-refractivity contribution in [3.63, 3.8) is 0 Å². The average Bonchev–Trinajstić information content (AvgIpc) is 3.10. The molecule has 0 unspecified atom stereocenters. The average molecular weight is 504 g/mol. The number of ether oxygens (including phenoxy) is 1. The number of phenols is 1. The zero-order valence-electron chi connectivity index (χ0n) is 16.3. The summed E-state index contributed by atoms with van der Waals surface area (Å²) in [4.78, 5) is 9.21. The van der Waals surface area contributed by atoms with Gasteiger partial charge in [-0.25, -0.2) is 9.98 Å². The number of aromatic hydroxyl groups is 1. The molecule has 0 aliphatic rings. The number of benzene rings is 1. The number of halogens is 1. The van der Waals surface area contributed by atoms with Crippen LogP contribution in [-0.2, 0) is 13.0 Å². The highest BCUT2D eigenvalue weighted by atomic mass is 127. The van der Waals surface area contributed by atoms with Crippen LogP contribution in [-0.4, -0.2) is 36.2 Å². The summed E-state index contributed by atoms with van der Waals surface area (Å²) in [6, 6.07) is 5.36. The van der Waals surface area contributed by atoms with Crippen LogP contribution in [0, 0.1) is 0 Å². The van der Waals surface area contributed by atoms with E-state index in [-0.39, 0.29) is 29.7 Å². The summed E-state index contributed by atoms with van der Waals surface area (Å²) >= 11 is 1.65. The lowest BCUT2D eigenvalue weighted by Crippen LogP contribution is -2.38. The summed E-state index contributed by atoms with van der Waals surface area (Å²) in [6.07, 6.45) is 0.689. The Hall–Kier alpha value is -1.55. The predicted octanol–water partition coefficient (Wildman–Crippen LogP) is 3.90. The fourth-order valence-electron chi connectivity index (χ4n) is 2.35. The fraction of sp³-hybridized carbons (Fsp3) is 0.474. The van der Waals surface area contributed by atoms with Gasteiger partial charge in [0, 0.05) is 24.5 Å². The molecule has 1 heterocycles. The second kappa shape index (κ2) is 12.0. The van der Waals surface area contributed by atoms with Gasteiger partial charge < -0.3 is 20.5 Å². The number of hydrogen-bond acceptors (Lipinski definition) is 5. The van der Waals surface area contributed by atoms with Crippen molar-refractivity contribution >= 4 is 41.3 Å². The number of hydrogen-bond donors (Lipinski definition) is 3. The molecule has 0 aliphatic carbocycles. The Morgan fingerprint density at radius 2 is 2.11 bits per heavy atom. The molecule has 2 rings (SSSR count). The molecule has 1 aromatic heterocycles. The lowest BCUT2D eigenvalue weighted by atomic mass is 10.1. The van der Waals surface area contributed by atoms with Crippen molar-refractivity contribution in [2.24, 2.45) is 4.99 Å². The molecule has 0 bridgehead atoms. The van der Waals surface area contributed by atoms with Crippen LogP contribution < -0.4 is 15.4 Å². The number of guanidine groups is 1. The first-order valence-electron chi connectivity index (χ1n) is 8.85. The van der Waals surface area contributed by atoms with Crippen LogP contribution in [0.2, 0.25) is 0 Å². The van der Waals surface area contributed by atoms with E-state index >= 15 is 0 Å². The van der Waals surface area contributed by atoms with E-state index in [1.807, 2.05) is 19.1 Å². The molecule has 0 spiro atoms. The Kier molecular flexibility index (Phi) is 10.5. The monoisotopic (exact) mass is 504 g/mol. The first kappa shape index (κ1) is 23.5. The molecule has 150 valence electrons. The highest BCUT2D eigenvalue weighted by Gasteiger charge is 2.07. The van der Waals surface area contributed by atoms with E-state index in [9.17, 15) is 5.11 Å². The van der Waals surface area contributed by atoms with Gasteiger partial charge in [0.25, 0.3) is 0 Å². The Morgan fingerprint density at radius 3 is 2.70 bits per heavy atom. The molecule has 3 N–H and O–H groups in total. The predicted molar refractivity (Wildman–Crippen MR) is 123 cm³/mol. The third kappa shape index (κ3) is 7.53. The highest BCUT2D eigenvalue weighted by molar-refractivity contribution is 14.0. The lowest BCUT2D eigenvalue weighted by molar-refractivity contribution is 0.406. The summed E-state index contributed by atoms with van der Waals surface area (Å²) in [5, 5.41) is 19.7. The Labute approximate surface area is 182 Å². The highest BCUT2D eigenvalue weighted by Crippen LogP contribution is 2.23. The Balaban J connectivity index is 0.00000364. The quantitative estimate of drug-likeness (QED) is 0.289. The number of aromatic nitrogens is 1. The lowest BCUT2D eigenvalue weighted by Gasteiger charge is -2.12. The Morgan fingerprint density at radius 1 is 1.33 bits per heavy atom. The first-order chi connectivity index (χ1) is 12.5. The standard InChI is InChI=1S/C19H28N4O2S.HI/c1-5-20-19(22-11-18-23-16(12-26-18)13(2)3)21-9-8-14-6-7-15(25-4)10-17(14)24;/h6-7,10,12-13,24H,5,8-9,11H2,1-4H3,(H2,20,21,22);1H. The second-order valence-electron chi connectivity index (χ2n) is 6.19. The summed E-state index contributed by atoms with van der Waals surface area (Å²) in [6.45, 7) is 8.33. The molecule has 0 fully saturated rings. The fourth-order valence-corrected chi connectivity index (χ4v) is 3.23. The van der Waals surface area contributed by atoms with E-state index in [0.29, 0.717) is 31.2 Å². The van der Waals surface area contributed by atoms with Crippen molar-refractivity contribution in [2.45, 2.75) is 39.7 Å². The number of nitrogens with zero attached hydrogens (tertiary/aromatic N) is 2. The van der Waals surface area contributed by atoms with Gasteiger partial charge in [0.2, 0.25) is 0 Å². The minimum Gasteiger partial charge on any atom is -0.508 e. The van der Waals surface area contributed by atoms with Crippen molar-refractivity contribution in [1.82, 2.24) is 15.6 Å². The largest absolute Gasteiger partial charge is 0.508 e. The molecule has 0 radical (unpaired) electrons. The van der Waals surface area contributed by atoms with Crippen molar-refractivity contribution < 1.29 is 9.84 Å². The summed E-state index contributed by atoms with van der Waals surface area (Å²) < 4.78 is 5.11. The van der Waals surface area contributed by atoms with Gasteiger partial charge in [-0.2, -0.15) is 0 Å². The van der Waals surface area contributed by atoms with Crippen molar-refractivity contribution in [3.8, 4) is 11.5 Å². The van der Waals surface area contributed by atoms with Crippen LogP contribution in [0.15, 0.2) is 28.6 Å². The molecular weight excluding hydrogens is 475 g/mol. The van der Waals surface area contributed by atoms with Gasteiger partial charge in [-0.15, -0.1) is 35.3 Å². The summed E-state index contributed by atoms with van der Waals surface area (Å²) in [5.74, 6) is 2.09. The van der Waals surface area contributed by atoms with E-state index < -0.39 is 0 Å². The van der Waals surface area contributed by atoms with E-state index in [4.69, 9.17) is 4.74 Å². The van der Waals surface area contributed by atoms with Crippen LogP contribution in [0.4, 0.5) is 0 Å². The SMILES string of the molecule is CCNC(=NCc1nc(C(C)C)cs1)NCCc1ccc(OC)cc1O.I. The van der Waals surface area contributed by atoms with Crippen LogP contribution in [0.1, 0.15) is 43.0 Å². The normalized spacial score (nSPS) is 11.2. The van der Waals surface area contributed by atoms with Gasteiger partial charge in [-0.05, 0) is 30.9 Å². The number of methoxy groups -OCH3 is 1. The van der Waals surface area contributed by atoms with Gasteiger partial charge in [0.15, 0.2) is 5.96 Å². The van der Waals surface area contributed by atoms with Gasteiger partial charge in [0.05, 0.1) is 19.3 Å². The van der Waals surface area contributed by atoms with Crippen LogP contribution in [0.3, 0.4) is 0 Å². The minimum atomic E-state index is 0. The van der Waals surface area contributed by atoms with E-state index in [0.717, 1.165) is 28.8 Å². The zero-order valence-corrected chi connectivity index (χ0v) is 19.4. The molecule has 0 atom stereocenters. The molecule has 1 aromatic carbocycles. The smallest absolute Gasteiger partial charge is 0.191 e. The third-order valence-electron chi connectivity index (χ3n) is 3.86.